The third kappa shape index (κ3) is 23.6. The number of aliphatic hydroxyl groups excluding tert-OH is 1. The number of nitrogens with zero attached hydrogens (tertiary/aromatic N) is 2. The van der Waals surface area contributed by atoms with Crippen LogP contribution in [0.4, 0.5) is 5.69 Å². The minimum absolute atomic E-state index is 0.0776. The molecule has 0 saturated heterocycles. The molecule has 0 unspecified atom stereocenters. The highest BCUT2D eigenvalue weighted by Gasteiger charge is 2.29. The number of amides is 2. The van der Waals surface area contributed by atoms with Gasteiger partial charge in [-0.1, -0.05) is 145 Å². The van der Waals surface area contributed by atoms with Crippen molar-refractivity contribution in [2.45, 2.75) is 147 Å². The molecule has 1 aliphatic rings. The molecule has 0 radical (unpaired) electrons. The van der Waals surface area contributed by atoms with E-state index in [1.807, 2.05) is 90.1 Å². The number of nitrogens with two attached hydrogens (primary N) is 1. The quantitative estimate of drug-likeness (QED) is 0.0720. The van der Waals surface area contributed by atoms with Gasteiger partial charge in [0, 0.05) is 41.4 Å². The molecule has 6 N–H and O–H groups in total. The predicted molar refractivity (Wildman–Crippen MR) is 251 cm³/mol. The first kappa shape index (κ1) is 57.8. The molecule has 0 spiro atoms. The number of benzene rings is 1. The van der Waals surface area contributed by atoms with Crippen molar-refractivity contribution in [1.82, 2.24) is 10.3 Å². The molecule has 0 bridgehead atoms. The molecule has 10 nitrogen and oxygen atoms in total. The summed E-state index contributed by atoms with van der Waals surface area (Å²) in [6.45, 7) is 29.3. The Morgan fingerprint density at radius 3 is 1.98 bits per heavy atom. The minimum Gasteiger partial charge on any atom is -0.494 e. The topological polar surface area (TPSA) is 163 Å². The number of hydrogen-bond donors (Lipinski definition) is 5. The van der Waals surface area contributed by atoms with Crippen molar-refractivity contribution in [2.24, 2.45) is 22.6 Å². The summed E-state index contributed by atoms with van der Waals surface area (Å²) >= 11 is 0. The number of nitrogens with one attached hydrogen (secondary N) is 3. The number of aryl methyl sites for hydroxylation is 1. The summed E-state index contributed by atoms with van der Waals surface area (Å²) in [5.41, 5.74) is 9.79. The van der Waals surface area contributed by atoms with Gasteiger partial charge in [-0.3, -0.25) is 20.0 Å². The van der Waals surface area contributed by atoms with Crippen LogP contribution in [0.25, 0.3) is 5.57 Å². The molecule has 1 aliphatic carbocycles. The third-order valence-corrected chi connectivity index (χ3v) is 8.29. The summed E-state index contributed by atoms with van der Waals surface area (Å²) in [6, 6.07) is 11.5. The van der Waals surface area contributed by atoms with E-state index in [2.05, 4.69) is 76.0 Å². The van der Waals surface area contributed by atoms with Crippen LogP contribution in [0.5, 0.6) is 5.75 Å². The molecule has 3 rings (SSSR count). The van der Waals surface area contributed by atoms with Crippen LogP contribution in [0.1, 0.15) is 152 Å². The van der Waals surface area contributed by atoms with Gasteiger partial charge in [-0.15, -0.1) is 0 Å². The number of aliphatic imine (C=N–C) groups is 1. The van der Waals surface area contributed by atoms with E-state index in [0.717, 1.165) is 47.7 Å². The van der Waals surface area contributed by atoms with E-state index in [1.54, 1.807) is 13.2 Å². The maximum absolute atomic E-state index is 12.1. The zero-order valence-corrected chi connectivity index (χ0v) is 39.2. The molecule has 2 amide bonds. The van der Waals surface area contributed by atoms with Gasteiger partial charge in [-0.05, 0) is 62.8 Å². The first-order valence-electron chi connectivity index (χ1n) is 21.3. The lowest BCUT2D eigenvalue weighted by Gasteiger charge is -2.21. The number of para-hydroxylation sites is 1. The highest BCUT2D eigenvalue weighted by atomic mass is 16.5. The first-order valence-corrected chi connectivity index (χ1v) is 21.3. The fourth-order valence-electron chi connectivity index (χ4n) is 4.32. The lowest BCUT2D eigenvalue weighted by atomic mass is 9.90. The van der Waals surface area contributed by atoms with Gasteiger partial charge in [-0.25, -0.2) is 0 Å². The summed E-state index contributed by atoms with van der Waals surface area (Å²) in [5, 5.41) is 22.9. The Morgan fingerprint density at radius 2 is 1.57 bits per heavy atom. The second-order valence-corrected chi connectivity index (χ2v) is 14.2. The molecular weight excluding hydrogens is 725 g/mol. The standard InChI is InChI=1S/C23H29N5O3.C11H17NO.C6H14.2C3H8.C2H6/c1-5-8-14(6-2)16-9-7-10-17(21(16)31-4)27-18(20(25)23(30)26-3)13-19(24)28-22(29)15-11-12-15;1-4-9-6-5-7-10(12-9)11(2,3)8-13;1-4-6(3)5-2;2*1-3-2;1-2/h5-10,13,15,25,27H,11-12H2,1-4H3,(H,26,30)(H2,24,28,29);5-7,13H,4,8H2,1-3H3;6H,4-5H2,1-3H3;2*3H2,1-2H3;1-2H3/b8-5-,14-6+,18-13+,25-20?;;;;;. The Kier molecular flexibility index (Phi) is 34.3. The lowest BCUT2D eigenvalue weighted by molar-refractivity contribution is -0.119. The molecular formula is C48H82N6O4. The zero-order chi connectivity index (χ0) is 45.3. The number of hydrogen-bond acceptors (Lipinski definition) is 7. The van der Waals surface area contributed by atoms with Crippen LogP contribution in [0.2, 0.25) is 0 Å². The Labute approximate surface area is 353 Å². The number of ether oxygens (including phenoxy) is 1. The predicted octanol–water partition coefficient (Wildman–Crippen LogP) is 11.2. The number of carbonyl (C=O) groups excluding carboxylic acids is 2. The van der Waals surface area contributed by atoms with E-state index in [4.69, 9.17) is 15.9 Å². The molecule has 2 aromatic rings. The van der Waals surface area contributed by atoms with E-state index in [-0.39, 0.29) is 41.1 Å². The number of pyridine rings is 1. The summed E-state index contributed by atoms with van der Waals surface area (Å²) in [4.78, 5) is 32.4. The van der Waals surface area contributed by atoms with Gasteiger partial charge in [0.1, 0.15) is 17.3 Å². The summed E-state index contributed by atoms with van der Waals surface area (Å²) in [7, 11) is 2.98. The summed E-state index contributed by atoms with van der Waals surface area (Å²) in [6.07, 6.45) is 14.9. The average molecular weight is 807 g/mol. The van der Waals surface area contributed by atoms with Crippen LogP contribution in [-0.4, -0.2) is 54.2 Å². The van der Waals surface area contributed by atoms with Crippen LogP contribution in [0, 0.1) is 17.2 Å². The number of anilines is 1. The molecule has 1 saturated carbocycles. The second kappa shape index (κ2) is 34.5. The second-order valence-electron chi connectivity index (χ2n) is 14.2. The average Bonchev–Trinajstić information content (AvgIpc) is 4.10. The molecule has 1 aromatic heterocycles. The summed E-state index contributed by atoms with van der Waals surface area (Å²) < 4.78 is 5.63. The number of aromatic nitrogens is 1. The third-order valence-electron chi connectivity index (χ3n) is 8.29. The van der Waals surface area contributed by atoms with Gasteiger partial charge in [0.25, 0.3) is 11.8 Å². The van der Waals surface area contributed by atoms with Crippen LogP contribution < -0.4 is 21.1 Å². The molecule has 0 aliphatic heterocycles. The van der Waals surface area contributed by atoms with Crippen molar-refractivity contribution in [2.75, 3.05) is 26.1 Å². The van der Waals surface area contributed by atoms with E-state index >= 15 is 0 Å². The van der Waals surface area contributed by atoms with Crippen molar-refractivity contribution in [3.8, 4) is 5.75 Å². The molecule has 328 valence electrons. The lowest BCUT2D eigenvalue weighted by Crippen LogP contribution is -2.31. The molecule has 1 aromatic carbocycles. The molecule has 1 heterocycles. The number of amidine groups is 1. The largest absolute Gasteiger partial charge is 0.494 e. The fourth-order valence-corrected chi connectivity index (χ4v) is 4.32. The van der Waals surface area contributed by atoms with E-state index in [0.29, 0.717) is 11.4 Å². The molecule has 0 atom stereocenters. The minimum atomic E-state index is -0.613. The Bertz CT molecular complexity index is 1570. The smallest absolute Gasteiger partial charge is 0.271 e. The van der Waals surface area contributed by atoms with Crippen LogP contribution in [0.3, 0.4) is 0 Å². The monoisotopic (exact) mass is 807 g/mol. The highest BCUT2D eigenvalue weighted by molar-refractivity contribution is 6.45. The van der Waals surface area contributed by atoms with Crippen molar-refractivity contribution in [3.63, 3.8) is 0 Å². The molecule has 58 heavy (non-hydrogen) atoms. The van der Waals surface area contributed by atoms with Crippen molar-refractivity contribution < 1.29 is 19.4 Å². The Balaban J connectivity index is -0.000000913. The number of allylic oxidation sites excluding steroid dienone is 4. The molecule has 1 fully saturated rings. The maximum atomic E-state index is 12.1. The SMILES string of the molecule is C/C=C\C(=C/C)c1cccc(N/C(=C/C(N)=NC(=O)C2CC2)C(=N)C(=O)NC)c1OC.CC.CCC.CCC.CCC(C)CC.CCc1cccc(C(C)(C)CO)n1. The van der Waals surface area contributed by atoms with Crippen molar-refractivity contribution >= 4 is 34.6 Å². The number of rotatable bonds is 14. The van der Waals surface area contributed by atoms with Crippen LogP contribution in [-0.2, 0) is 21.4 Å². The number of aliphatic hydroxyl groups is 1. The first-order chi connectivity index (χ1) is 27.6. The van der Waals surface area contributed by atoms with Crippen LogP contribution in [0.15, 0.2) is 71.4 Å². The highest BCUT2D eigenvalue weighted by Crippen LogP contribution is 2.35. The van der Waals surface area contributed by atoms with Gasteiger partial charge < -0.3 is 26.2 Å². The van der Waals surface area contributed by atoms with Gasteiger partial charge in [-0.2, -0.15) is 4.99 Å². The fraction of sp³-hybridized carbons (Fsp3) is 0.562. The molecule has 10 heteroatoms. The van der Waals surface area contributed by atoms with Crippen molar-refractivity contribution in [3.05, 3.63) is 83.4 Å². The normalized spacial score (nSPS) is 12.4. The van der Waals surface area contributed by atoms with E-state index in [1.165, 1.54) is 38.8 Å². The van der Waals surface area contributed by atoms with Crippen molar-refractivity contribution in [1.29, 1.82) is 5.41 Å². The Hall–Kier alpha value is -4.57. The van der Waals surface area contributed by atoms with E-state index in [9.17, 15) is 14.7 Å². The number of carbonyl (C=O) groups is 2. The van der Waals surface area contributed by atoms with Gasteiger partial charge in [0.15, 0.2) is 0 Å². The van der Waals surface area contributed by atoms with E-state index < -0.39 is 5.91 Å². The van der Waals surface area contributed by atoms with Gasteiger partial charge in [0.05, 0.1) is 25.1 Å². The summed E-state index contributed by atoms with van der Waals surface area (Å²) in [5.74, 6) is 0.413. The van der Waals surface area contributed by atoms with Gasteiger partial charge >= 0.3 is 0 Å². The zero-order valence-electron chi connectivity index (χ0n) is 39.2. The Morgan fingerprint density at radius 1 is 1.02 bits per heavy atom. The number of methoxy groups -OCH3 is 1. The van der Waals surface area contributed by atoms with Crippen LogP contribution >= 0.6 is 0 Å². The maximum Gasteiger partial charge on any atom is 0.271 e. The van der Waals surface area contributed by atoms with Gasteiger partial charge in [0.2, 0.25) is 0 Å².